The highest BCUT2D eigenvalue weighted by atomic mass is 16.7. The molecular formula is C23H32N2O4. The van der Waals surface area contributed by atoms with Crippen molar-refractivity contribution >= 4 is 16.7 Å². The monoisotopic (exact) mass is 400 g/mol. The lowest BCUT2D eigenvalue weighted by molar-refractivity contribution is -0.190. The third-order valence-electron chi connectivity index (χ3n) is 5.54. The second-order valence-corrected chi connectivity index (χ2v) is 7.41. The van der Waals surface area contributed by atoms with E-state index in [1.807, 2.05) is 6.07 Å². The third-order valence-corrected chi connectivity index (χ3v) is 5.54. The molecule has 2 aromatic rings. The van der Waals surface area contributed by atoms with Crippen LogP contribution in [0.3, 0.4) is 0 Å². The summed E-state index contributed by atoms with van der Waals surface area (Å²) in [5, 5.41) is 5.06. The van der Waals surface area contributed by atoms with Crippen LogP contribution >= 0.6 is 0 Å². The Labute approximate surface area is 173 Å². The van der Waals surface area contributed by atoms with E-state index >= 15 is 0 Å². The predicted molar refractivity (Wildman–Crippen MR) is 114 cm³/mol. The minimum atomic E-state index is -0.167. The van der Waals surface area contributed by atoms with Crippen LogP contribution in [0.4, 0.5) is 0 Å². The molecule has 0 unspecified atom stereocenters. The van der Waals surface area contributed by atoms with Gasteiger partial charge in [0.05, 0.1) is 26.9 Å². The summed E-state index contributed by atoms with van der Waals surface area (Å²) in [7, 11) is 3.36. The average molecular weight is 401 g/mol. The molecule has 2 aromatic carbocycles. The largest absolute Gasteiger partial charge is 0.497 e. The molecule has 29 heavy (non-hydrogen) atoms. The van der Waals surface area contributed by atoms with Crippen LogP contribution < -0.4 is 10.1 Å². The Kier molecular flexibility index (Phi) is 7.86. The van der Waals surface area contributed by atoms with Crippen molar-refractivity contribution < 1.29 is 19.0 Å². The maximum Gasteiger partial charge on any atom is 0.233 e. The van der Waals surface area contributed by atoms with Crippen molar-refractivity contribution in [1.29, 1.82) is 0 Å². The highest BCUT2D eigenvalue weighted by Gasteiger charge is 2.24. The predicted octanol–water partition coefficient (Wildman–Crippen LogP) is 3.15. The number of nitrogens with zero attached hydrogens (tertiary/aromatic N) is 1. The summed E-state index contributed by atoms with van der Waals surface area (Å²) >= 11 is 0. The number of carbonyl (C=O) groups is 1. The van der Waals surface area contributed by atoms with Crippen LogP contribution in [0.25, 0.3) is 10.8 Å². The molecular weight excluding hydrogens is 368 g/mol. The van der Waals surface area contributed by atoms with E-state index in [1.165, 1.54) is 16.3 Å². The molecule has 0 atom stereocenters. The first kappa shape index (κ1) is 21.6. The molecule has 0 aromatic heterocycles. The molecule has 1 aliphatic rings. The van der Waals surface area contributed by atoms with Gasteiger partial charge < -0.3 is 19.5 Å². The van der Waals surface area contributed by atoms with Gasteiger partial charge in [0, 0.05) is 13.0 Å². The van der Waals surface area contributed by atoms with Crippen molar-refractivity contribution in [3.8, 4) is 5.75 Å². The average Bonchev–Trinajstić information content (AvgIpc) is 2.77. The van der Waals surface area contributed by atoms with Crippen molar-refractivity contribution in [2.24, 2.45) is 0 Å². The standard InChI is InChI=1S/C23H32N2O4/c1-4-25(14-22(26)24-2)12-6-9-23-28-15-18(16-29-23)20-8-5-7-17-13-19(27-3)10-11-21(17)20/h5,7-8,10-11,13,18,23H,4,6,9,12,14-16H2,1-3H3,(H,24,26). The zero-order valence-electron chi connectivity index (χ0n) is 17.6. The lowest BCUT2D eigenvalue weighted by Gasteiger charge is -2.31. The fourth-order valence-corrected chi connectivity index (χ4v) is 3.77. The van der Waals surface area contributed by atoms with Gasteiger partial charge in [-0.1, -0.05) is 31.2 Å². The SMILES string of the molecule is CCN(CCCC1OCC(c2cccc3cc(OC)ccc23)CO1)CC(=O)NC. The highest BCUT2D eigenvalue weighted by molar-refractivity contribution is 5.87. The number of benzene rings is 2. The normalized spacial score (nSPS) is 19.4. The van der Waals surface area contributed by atoms with E-state index in [2.05, 4.69) is 47.5 Å². The maximum absolute atomic E-state index is 11.5. The lowest BCUT2D eigenvalue weighted by Crippen LogP contribution is -2.37. The minimum Gasteiger partial charge on any atom is -0.497 e. The van der Waals surface area contributed by atoms with Crippen LogP contribution in [0, 0.1) is 0 Å². The zero-order valence-corrected chi connectivity index (χ0v) is 17.6. The number of hydrogen-bond acceptors (Lipinski definition) is 5. The molecule has 3 rings (SSSR count). The van der Waals surface area contributed by atoms with Gasteiger partial charge in [0.1, 0.15) is 5.75 Å². The number of fused-ring (bicyclic) bond motifs is 1. The molecule has 0 radical (unpaired) electrons. The summed E-state index contributed by atoms with van der Waals surface area (Å²) < 4.78 is 17.4. The van der Waals surface area contributed by atoms with Crippen LogP contribution in [0.15, 0.2) is 36.4 Å². The van der Waals surface area contributed by atoms with E-state index in [-0.39, 0.29) is 18.1 Å². The molecule has 1 aliphatic heterocycles. The van der Waals surface area contributed by atoms with Gasteiger partial charge in [0.15, 0.2) is 6.29 Å². The Hall–Kier alpha value is -2.15. The zero-order chi connectivity index (χ0) is 20.6. The first-order chi connectivity index (χ1) is 14.1. The summed E-state index contributed by atoms with van der Waals surface area (Å²) in [5.41, 5.74) is 1.26. The minimum absolute atomic E-state index is 0.0487. The summed E-state index contributed by atoms with van der Waals surface area (Å²) in [4.78, 5) is 13.7. The first-order valence-electron chi connectivity index (χ1n) is 10.4. The number of amides is 1. The van der Waals surface area contributed by atoms with Crippen LogP contribution in [0.5, 0.6) is 5.75 Å². The van der Waals surface area contributed by atoms with E-state index < -0.39 is 0 Å². The van der Waals surface area contributed by atoms with Crippen molar-refractivity contribution in [2.45, 2.75) is 32.0 Å². The van der Waals surface area contributed by atoms with Crippen molar-refractivity contribution in [3.05, 3.63) is 42.0 Å². The first-order valence-corrected chi connectivity index (χ1v) is 10.4. The van der Waals surface area contributed by atoms with Gasteiger partial charge in [-0.25, -0.2) is 0 Å². The Morgan fingerprint density at radius 1 is 1.24 bits per heavy atom. The second kappa shape index (κ2) is 10.6. The molecule has 6 heteroatoms. The Morgan fingerprint density at radius 3 is 2.72 bits per heavy atom. The van der Waals surface area contributed by atoms with Crippen LogP contribution in [-0.2, 0) is 14.3 Å². The molecule has 0 bridgehead atoms. The quantitative estimate of drug-likeness (QED) is 0.701. The number of rotatable bonds is 9. The molecule has 1 amide bonds. The molecule has 1 N–H and O–H groups in total. The third kappa shape index (κ3) is 5.69. The summed E-state index contributed by atoms with van der Waals surface area (Å²) in [6.07, 6.45) is 1.61. The van der Waals surface area contributed by atoms with Gasteiger partial charge in [-0.15, -0.1) is 0 Å². The van der Waals surface area contributed by atoms with Gasteiger partial charge in [-0.2, -0.15) is 0 Å². The Morgan fingerprint density at radius 2 is 2.03 bits per heavy atom. The fraction of sp³-hybridized carbons (Fsp3) is 0.522. The van der Waals surface area contributed by atoms with Crippen molar-refractivity contribution in [3.63, 3.8) is 0 Å². The fourth-order valence-electron chi connectivity index (χ4n) is 3.77. The lowest BCUT2D eigenvalue weighted by atomic mass is 9.94. The molecule has 0 spiro atoms. The topological polar surface area (TPSA) is 60.0 Å². The van der Waals surface area contributed by atoms with Gasteiger partial charge in [-0.3, -0.25) is 9.69 Å². The summed E-state index contributed by atoms with van der Waals surface area (Å²) in [5.74, 6) is 1.14. The van der Waals surface area contributed by atoms with Gasteiger partial charge in [0.2, 0.25) is 5.91 Å². The Bertz CT molecular complexity index is 803. The molecule has 1 saturated heterocycles. The van der Waals surface area contributed by atoms with Gasteiger partial charge in [-0.05, 0) is 54.4 Å². The summed E-state index contributed by atoms with van der Waals surface area (Å²) in [6.45, 7) is 5.54. The molecule has 1 heterocycles. The molecule has 6 nitrogen and oxygen atoms in total. The van der Waals surface area contributed by atoms with Crippen molar-refractivity contribution in [1.82, 2.24) is 10.2 Å². The molecule has 0 saturated carbocycles. The Balaban J connectivity index is 1.51. The molecule has 158 valence electrons. The van der Waals surface area contributed by atoms with E-state index in [9.17, 15) is 4.79 Å². The van der Waals surface area contributed by atoms with E-state index in [0.717, 1.165) is 31.7 Å². The van der Waals surface area contributed by atoms with E-state index in [4.69, 9.17) is 14.2 Å². The smallest absolute Gasteiger partial charge is 0.233 e. The van der Waals surface area contributed by atoms with Crippen molar-refractivity contribution in [2.75, 3.05) is 47.0 Å². The van der Waals surface area contributed by atoms with Crippen LogP contribution in [-0.4, -0.2) is 64.1 Å². The van der Waals surface area contributed by atoms with Crippen LogP contribution in [0.2, 0.25) is 0 Å². The second-order valence-electron chi connectivity index (χ2n) is 7.41. The highest BCUT2D eigenvalue weighted by Crippen LogP contribution is 2.31. The molecule has 1 fully saturated rings. The number of nitrogens with one attached hydrogen (secondary N) is 1. The van der Waals surface area contributed by atoms with E-state index in [0.29, 0.717) is 19.8 Å². The van der Waals surface area contributed by atoms with Crippen LogP contribution in [0.1, 0.15) is 31.2 Å². The number of likely N-dealkylation sites (N-methyl/N-ethyl adjacent to an activating group) is 2. The maximum atomic E-state index is 11.5. The number of ether oxygens (including phenoxy) is 3. The number of carbonyl (C=O) groups excluding carboxylic acids is 1. The van der Waals surface area contributed by atoms with E-state index in [1.54, 1.807) is 14.2 Å². The van der Waals surface area contributed by atoms with Gasteiger partial charge in [0.25, 0.3) is 0 Å². The summed E-state index contributed by atoms with van der Waals surface area (Å²) in [6, 6.07) is 12.5. The molecule has 0 aliphatic carbocycles. The van der Waals surface area contributed by atoms with Gasteiger partial charge >= 0.3 is 0 Å². The number of methoxy groups -OCH3 is 1. The number of hydrogen-bond donors (Lipinski definition) is 1.